The zero-order valence-electron chi connectivity index (χ0n) is 14.1. The van der Waals surface area contributed by atoms with Gasteiger partial charge in [-0.05, 0) is 26.3 Å². The number of aliphatic carboxylic acids is 1. The van der Waals surface area contributed by atoms with Gasteiger partial charge in [0.2, 0.25) is 0 Å². The van der Waals surface area contributed by atoms with Crippen LogP contribution in [0.3, 0.4) is 0 Å². The minimum absolute atomic E-state index is 0.192. The van der Waals surface area contributed by atoms with E-state index in [0.717, 1.165) is 10.5 Å². The Hall–Kier alpha value is -2.08. The Labute approximate surface area is 137 Å². The minimum Gasteiger partial charge on any atom is -0.480 e. The van der Waals surface area contributed by atoms with Crippen LogP contribution in [0, 0.1) is 0 Å². The maximum absolute atomic E-state index is 12.0. The average Bonchev–Trinajstić information content (AvgIpc) is 2.45. The molecule has 1 rings (SSSR count). The van der Waals surface area contributed by atoms with Crippen molar-refractivity contribution in [1.29, 1.82) is 0 Å². The number of carboxylic acids is 1. The highest BCUT2D eigenvalue weighted by atomic mass is 16.6. The van der Waals surface area contributed by atoms with Gasteiger partial charge in [-0.15, -0.1) is 0 Å². The number of likely N-dealkylation sites (N-methyl/N-ethyl adjacent to an activating group) is 1. The minimum atomic E-state index is -1.08. The van der Waals surface area contributed by atoms with E-state index in [4.69, 9.17) is 9.47 Å². The zero-order chi connectivity index (χ0) is 17.5. The molecule has 0 heterocycles. The molecule has 1 aromatic rings. The monoisotopic (exact) mass is 323 g/mol. The molecule has 6 heteroatoms. The van der Waals surface area contributed by atoms with E-state index in [-0.39, 0.29) is 13.0 Å². The second-order valence-corrected chi connectivity index (χ2v) is 6.27. The van der Waals surface area contributed by atoms with Crippen LogP contribution in [0.2, 0.25) is 0 Å². The molecule has 0 spiro atoms. The van der Waals surface area contributed by atoms with Crippen LogP contribution in [0.25, 0.3) is 0 Å². The molecule has 128 valence electrons. The van der Waals surface area contributed by atoms with Gasteiger partial charge in [-0.3, -0.25) is 4.90 Å². The van der Waals surface area contributed by atoms with Crippen molar-refractivity contribution in [2.75, 3.05) is 13.7 Å². The van der Waals surface area contributed by atoms with Gasteiger partial charge in [-0.2, -0.15) is 0 Å². The van der Waals surface area contributed by atoms with Crippen molar-refractivity contribution in [3.8, 4) is 0 Å². The molecule has 0 aliphatic heterocycles. The molecule has 0 aliphatic carbocycles. The number of nitrogens with zero attached hydrogens (tertiary/aromatic N) is 1. The number of ether oxygens (including phenoxy) is 2. The first-order chi connectivity index (χ1) is 10.7. The van der Waals surface area contributed by atoms with Crippen LogP contribution in [-0.4, -0.2) is 47.4 Å². The number of carbonyl (C=O) groups is 2. The SMILES string of the molecule is CN(C(=O)OC(C)(C)C)[C@H](CCOCc1ccccc1)C(=O)O. The lowest BCUT2D eigenvalue weighted by atomic mass is 10.2. The van der Waals surface area contributed by atoms with Crippen molar-refractivity contribution in [1.82, 2.24) is 4.90 Å². The Morgan fingerprint density at radius 2 is 1.83 bits per heavy atom. The summed E-state index contributed by atoms with van der Waals surface area (Å²) in [6, 6.07) is 8.62. The van der Waals surface area contributed by atoms with Gasteiger partial charge < -0.3 is 14.6 Å². The van der Waals surface area contributed by atoms with Crippen molar-refractivity contribution in [3.05, 3.63) is 35.9 Å². The van der Waals surface area contributed by atoms with E-state index in [9.17, 15) is 14.7 Å². The molecule has 1 N–H and O–H groups in total. The highest BCUT2D eigenvalue weighted by Crippen LogP contribution is 2.13. The Balaban J connectivity index is 2.48. The summed E-state index contributed by atoms with van der Waals surface area (Å²) < 4.78 is 10.7. The van der Waals surface area contributed by atoms with Crippen LogP contribution in [-0.2, 0) is 20.9 Å². The number of carboxylic acid groups (broad SMARTS) is 1. The van der Waals surface area contributed by atoms with Crippen molar-refractivity contribution >= 4 is 12.1 Å². The molecule has 0 radical (unpaired) electrons. The normalized spacial score (nSPS) is 12.5. The molecule has 0 saturated heterocycles. The van der Waals surface area contributed by atoms with E-state index in [0.29, 0.717) is 6.61 Å². The Morgan fingerprint density at radius 3 is 2.35 bits per heavy atom. The summed E-state index contributed by atoms with van der Waals surface area (Å²) in [6.07, 6.45) is -0.467. The molecule has 0 fully saturated rings. The van der Waals surface area contributed by atoms with E-state index in [1.54, 1.807) is 20.8 Å². The molecule has 0 aliphatic rings. The first kappa shape index (κ1) is 19.0. The summed E-state index contributed by atoms with van der Waals surface area (Å²) in [5, 5.41) is 9.30. The van der Waals surface area contributed by atoms with Gasteiger partial charge in [0.05, 0.1) is 6.61 Å². The third-order valence-corrected chi connectivity index (χ3v) is 3.08. The lowest BCUT2D eigenvalue weighted by molar-refractivity contribution is -0.143. The van der Waals surface area contributed by atoms with E-state index < -0.39 is 23.7 Å². The highest BCUT2D eigenvalue weighted by Gasteiger charge is 2.29. The molecule has 1 atom stereocenters. The molecular formula is C17H25NO5. The van der Waals surface area contributed by atoms with E-state index in [1.807, 2.05) is 30.3 Å². The van der Waals surface area contributed by atoms with Gasteiger partial charge in [0.15, 0.2) is 0 Å². The first-order valence-electron chi connectivity index (χ1n) is 7.51. The Bertz CT molecular complexity index is 509. The lowest BCUT2D eigenvalue weighted by Gasteiger charge is -2.28. The second kappa shape index (κ2) is 8.53. The average molecular weight is 323 g/mol. The van der Waals surface area contributed by atoms with Gasteiger partial charge in [0.25, 0.3) is 0 Å². The summed E-state index contributed by atoms with van der Waals surface area (Å²) in [6.45, 7) is 5.84. The maximum atomic E-state index is 12.0. The number of amides is 1. The van der Waals surface area contributed by atoms with E-state index in [2.05, 4.69) is 0 Å². The lowest BCUT2D eigenvalue weighted by Crippen LogP contribution is -2.45. The van der Waals surface area contributed by atoms with Crippen LogP contribution in [0.5, 0.6) is 0 Å². The quantitative estimate of drug-likeness (QED) is 0.781. The third kappa shape index (κ3) is 7.15. The summed E-state index contributed by atoms with van der Waals surface area (Å²) >= 11 is 0. The molecule has 23 heavy (non-hydrogen) atoms. The van der Waals surface area contributed by atoms with Gasteiger partial charge in [0, 0.05) is 20.1 Å². The maximum Gasteiger partial charge on any atom is 0.410 e. The van der Waals surface area contributed by atoms with Gasteiger partial charge in [0.1, 0.15) is 11.6 Å². The number of carbonyl (C=O) groups excluding carboxylic acids is 1. The molecule has 0 bridgehead atoms. The van der Waals surface area contributed by atoms with Crippen molar-refractivity contribution in [3.63, 3.8) is 0 Å². The Kier molecular flexibility index (Phi) is 7.03. The molecule has 1 aromatic carbocycles. The summed E-state index contributed by atoms with van der Waals surface area (Å²) in [5.41, 5.74) is 0.345. The highest BCUT2D eigenvalue weighted by molar-refractivity contribution is 5.79. The Morgan fingerprint density at radius 1 is 1.22 bits per heavy atom. The van der Waals surface area contributed by atoms with Gasteiger partial charge in [-0.25, -0.2) is 9.59 Å². The third-order valence-electron chi connectivity index (χ3n) is 3.08. The van der Waals surface area contributed by atoms with Crippen LogP contribution in [0.15, 0.2) is 30.3 Å². The van der Waals surface area contributed by atoms with E-state index in [1.165, 1.54) is 7.05 Å². The first-order valence-corrected chi connectivity index (χ1v) is 7.51. The second-order valence-electron chi connectivity index (χ2n) is 6.27. The fraction of sp³-hybridized carbons (Fsp3) is 0.529. The van der Waals surface area contributed by atoms with E-state index >= 15 is 0 Å². The summed E-state index contributed by atoms with van der Waals surface area (Å²) in [4.78, 5) is 24.4. The number of rotatable bonds is 7. The van der Waals surface area contributed by atoms with Crippen LogP contribution in [0.1, 0.15) is 32.8 Å². The van der Waals surface area contributed by atoms with Crippen molar-refractivity contribution in [2.45, 2.75) is 45.4 Å². The standard InChI is InChI=1S/C17H25NO5/c1-17(2,3)23-16(21)18(4)14(15(19)20)10-11-22-12-13-8-6-5-7-9-13/h5-9,14H,10-12H2,1-4H3,(H,19,20)/t14-/m1/s1. The van der Waals surface area contributed by atoms with Gasteiger partial charge >= 0.3 is 12.1 Å². The fourth-order valence-corrected chi connectivity index (χ4v) is 1.90. The number of hydrogen-bond acceptors (Lipinski definition) is 4. The zero-order valence-corrected chi connectivity index (χ0v) is 14.1. The van der Waals surface area contributed by atoms with Crippen molar-refractivity contribution < 1.29 is 24.2 Å². The molecule has 0 aromatic heterocycles. The summed E-state index contributed by atoms with van der Waals surface area (Å²) in [7, 11) is 1.42. The molecule has 0 saturated carbocycles. The molecule has 0 unspecified atom stereocenters. The van der Waals surface area contributed by atoms with Crippen molar-refractivity contribution in [2.24, 2.45) is 0 Å². The molecular weight excluding hydrogens is 298 g/mol. The van der Waals surface area contributed by atoms with Crippen LogP contribution < -0.4 is 0 Å². The molecule has 6 nitrogen and oxygen atoms in total. The topological polar surface area (TPSA) is 76.1 Å². The predicted octanol–water partition coefficient (Wildman–Crippen LogP) is 2.91. The number of benzene rings is 1. The van der Waals surface area contributed by atoms with Crippen LogP contribution >= 0.6 is 0 Å². The molecule has 1 amide bonds. The van der Waals surface area contributed by atoms with Crippen LogP contribution in [0.4, 0.5) is 4.79 Å². The van der Waals surface area contributed by atoms with Gasteiger partial charge in [-0.1, -0.05) is 30.3 Å². The number of hydrogen-bond donors (Lipinski definition) is 1. The predicted molar refractivity (Wildman–Crippen MR) is 86.1 cm³/mol. The summed E-state index contributed by atoms with van der Waals surface area (Å²) in [5.74, 6) is -1.08. The smallest absolute Gasteiger partial charge is 0.410 e. The fourth-order valence-electron chi connectivity index (χ4n) is 1.90. The largest absolute Gasteiger partial charge is 0.480 e.